The second-order valence-electron chi connectivity index (χ2n) is 6.52. The summed E-state index contributed by atoms with van der Waals surface area (Å²) in [6.07, 6.45) is 0.892. The van der Waals surface area contributed by atoms with Crippen molar-refractivity contribution < 1.29 is 14.7 Å². The summed E-state index contributed by atoms with van der Waals surface area (Å²) in [6.45, 7) is 3.16. The number of hydrogen-bond donors (Lipinski definition) is 1. The summed E-state index contributed by atoms with van der Waals surface area (Å²) in [4.78, 5) is 8.00. The van der Waals surface area contributed by atoms with Crippen LogP contribution >= 0.6 is 0 Å². The molecule has 0 radical (unpaired) electrons. The van der Waals surface area contributed by atoms with E-state index in [-0.39, 0.29) is 12.7 Å². The Morgan fingerprint density at radius 3 is 2.88 bits per heavy atom. The molecule has 25 heavy (non-hydrogen) atoms. The quantitative estimate of drug-likeness (QED) is 0.931. The van der Waals surface area contributed by atoms with Crippen molar-refractivity contribution in [2.75, 3.05) is 19.7 Å². The van der Waals surface area contributed by atoms with Crippen LogP contribution in [0.4, 0.5) is 0 Å². The van der Waals surface area contributed by atoms with Gasteiger partial charge < -0.3 is 14.7 Å². The molecule has 0 saturated carbocycles. The number of aliphatic hydroxyl groups excluding tert-OH is 1. The Bertz CT molecular complexity index is 761. The smallest absolute Gasteiger partial charge is 0.145 e. The molecule has 2 aliphatic heterocycles. The van der Waals surface area contributed by atoms with Crippen LogP contribution in [0.3, 0.4) is 0 Å². The molecule has 2 aromatic carbocycles. The fourth-order valence-corrected chi connectivity index (χ4v) is 3.37. The standard InChI is InChI=1S/C20H22N2O3/c23-14-15-6-7-20-17(10-15)12-22(8-9-24-20)13-18-11-19(21-25-18)16-4-2-1-3-5-16/h1-7,10,18,23H,8-9,11-14H2/t18-/m0/s1. The molecule has 0 unspecified atom stereocenters. The molecule has 0 saturated heterocycles. The van der Waals surface area contributed by atoms with Crippen LogP contribution in [0.1, 0.15) is 23.1 Å². The van der Waals surface area contributed by atoms with E-state index in [4.69, 9.17) is 9.57 Å². The van der Waals surface area contributed by atoms with Crippen molar-refractivity contribution >= 4 is 5.71 Å². The Hall–Kier alpha value is -2.37. The average molecular weight is 338 g/mol. The van der Waals surface area contributed by atoms with Crippen molar-refractivity contribution in [3.63, 3.8) is 0 Å². The molecule has 0 aromatic heterocycles. The Morgan fingerprint density at radius 2 is 2.04 bits per heavy atom. The fraction of sp³-hybridized carbons (Fsp3) is 0.350. The van der Waals surface area contributed by atoms with Crippen LogP contribution in [-0.4, -0.2) is 41.5 Å². The van der Waals surface area contributed by atoms with Gasteiger partial charge in [-0.05, 0) is 23.3 Å². The normalized spacial score (nSPS) is 20.2. The van der Waals surface area contributed by atoms with Crippen LogP contribution in [0.2, 0.25) is 0 Å². The van der Waals surface area contributed by atoms with Gasteiger partial charge >= 0.3 is 0 Å². The predicted molar refractivity (Wildman–Crippen MR) is 95.6 cm³/mol. The minimum absolute atomic E-state index is 0.0489. The summed E-state index contributed by atoms with van der Waals surface area (Å²) < 4.78 is 5.84. The third-order valence-electron chi connectivity index (χ3n) is 4.67. The average Bonchev–Trinajstić information content (AvgIpc) is 3.02. The van der Waals surface area contributed by atoms with E-state index in [1.807, 2.05) is 36.4 Å². The molecule has 1 atom stereocenters. The molecule has 0 bridgehead atoms. The van der Waals surface area contributed by atoms with E-state index in [1.165, 1.54) is 0 Å². The van der Waals surface area contributed by atoms with Crippen molar-refractivity contribution in [3.8, 4) is 5.75 Å². The number of nitrogens with zero attached hydrogens (tertiary/aromatic N) is 2. The topological polar surface area (TPSA) is 54.3 Å². The van der Waals surface area contributed by atoms with E-state index in [0.717, 1.165) is 54.2 Å². The van der Waals surface area contributed by atoms with E-state index in [9.17, 15) is 5.11 Å². The van der Waals surface area contributed by atoms with Gasteiger partial charge in [-0.25, -0.2) is 0 Å². The molecule has 2 heterocycles. The van der Waals surface area contributed by atoms with Crippen LogP contribution in [0, 0.1) is 0 Å². The van der Waals surface area contributed by atoms with Gasteiger partial charge in [0.25, 0.3) is 0 Å². The van der Waals surface area contributed by atoms with E-state index < -0.39 is 0 Å². The molecule has 0 fully saturated rings. The summed E-state index contributed by atoms with van der Waals surface area (Å²) in [5.74, 6) is 0.910. The minimum atomic E-state index is 0.0489. The first-order valence-corrected chi connectivity index (χ1v) is 8.68. The van der Waals surface area contributed by atoms with Gasteiger partial charge in [-0.15, -0.1) is 0 Å². The molecule has 4 rings (SSSR count). The molecule has 0 aliphatic carbocycles. The van der Waals surface area contributed by atoms with Gasteiger partial charge in [0.1, 0.15) is 18.5 Å². The summed E-state index contributed by atoms with van der Waals surface area (Å²) in [7, 11) is 0. The lowest BCUT2D eigenvalue weighted by molar-refractivity contribution is 0.0489. The van der Waals surface area contributed by atoms with Crippen LogP contribution in [0.15, 0.2) is 53.7 Å². The van der Waals surface area contributed by atoms with Crippen LogP contribution in [0.5, 0.6) is 5.75 Å². The number of benzene rings is 2. The highest BCUT2D eigenvalue weighted by molar-refractivity contribution is 6.01. The van der Waals surface area contributed by atoms with Gasteiger partial charge in [0.15, 0.2) is 0 Å². The highest BCUT2D eigenvalue weighted by Crippen LogP contribution is 2.26. The zero-order chi connectivity index (χ0) is 17.1. The van der Waals surface area contributed by atoms with Crippen molar-refractivity contribution in [3.05, 3.63) is 65.2 Å². The lowest BCUT2D eigenvalue weighted by Crippen LogP contribution is -2.33. The highest BCUT2D eigenvalue weighted by Gasteiger charge is 2.26. The lowest BCUT2D eigenvalue weighted by atomic mass is 10.0. The lowest BCUT2D eigenvalue weighted by Gasteiger charge is -2.22. The number of rotatable bonds is 4. The molecule has 130 valence electrons. The van der Waals surface area contributed by atoms with Crippen LogP contribution in [0.25, 0.3) is 0 Å². The van der Waals surface area contributed by atoms with Gasteiger partial charge in [0.2, 0.25) is 0 Å². The fourth-order valence-electron chi connectivity index (χ4n) is 3.37. The van der Waals surface area contributed by atoms with Crippen LogP contribution in [-0.2, 0) is 18.0 Å². The Morgan fingerprint density at radius 1 is 1.16 bits per heavy atom. The third-order valence-corrected chi connectivity index (χ3v) is 4.67. The van der Waals surface area contributed by atoms with Crippen molar-refractivity contribution in [1.29, 1.82) is 0 Å². The summed E-state index contributed by atoms with van der Waals surface area (Å²) in [5.41, 5.74) is 4.17. The molecule has 1 N–H and O–H groups in total. The van der Waals surface area contributed by atoms with Gasteiger partial charge in [-0.2, -0.15) is 0 Å². The molecular formula is C20H22N2O3. The maximum atomic E-state index is 9.35. The van der Waals surface area contributed by atoms with Gasteiger partial charge in [0.05, 0.1) is 12.3 Å². The molecule has 0 spiro atoms. The van der Waals surface area contributed by atoms with E-state index in [2.05, 4.69) is 22.2 Å². The van der Waals surface area contributed by atoms with Gasteiger partial charge in [-0.3, -0.25) is 4.90 Å². The van der Waals surface area contributed by atoms with E-state index >= 15 is 0 Å². The molecular weight excluding hydrogens is 316 g/mol. The largest absolute Gasteiger partial charge is 0.492 e. The first-order chi connectivity index (χ1) is 12.3. The number of aliphatic hydroxyl groups is 1. The Balaban J connectivity index is 1.40. The van der Waals surface area contributed by atoms with Crippen molar-refractivity contribution in [1.82, 2.24) is 4.90 Å². The minimum Gasteiger partial charge on any atom is -0.492 e. The van der Waals surface area contributed by atoms with E-state index in [0.29, 0.717) is 6.61 Å². The first-order valence-electron chi connectivity index (χ1n) is 8.68. The first kappa shape index (κ1) is 16.1. The molecule has 2 aromatic rings. The van der Waals surface area contributed by atoms with Crippen molar-refractivity contribution in [2.24, 2.45) is 5.16 Å². The second-order valence-corrected chi connectivity index (χ2v) is 6.52. The summed E-state index contributed by atoms with van der Waals surface area (Å²) >= 11 is 0. The second kappa shape index (κ2) is 7.25. The highest BCUT2D eigenvalue weighted by atomic mass is 16.6. The molecule has 2 aliphatic rings. The molecule has 5 heteroatoms. The number of oxime groups is 1. The molecule has 5 nitrogen and oxygen atoms in total. The maximum absolute atomic E-state index is 9.35. The van der Waals surface area contributed by atoms with Crippen LogP contribution < -0.4 is 4.74 Å². The zero-order valence-electron chi connectivity index (χ0n) is 14.1. The zero-order valence-corrected chi connectivity index (χ0v) is 14.1. The Labute approximate surface area is 147 Å². The van der Waals surface area contributed by atoms with E-state index in [1.54, 1.807) is 0 Å². The summed E-state index contributed by atoms with van der Waals surface area (Å²) in [6, 6.07) is 16.1. The predicted octanol–water partition coefficient (Wildman–Crippen LogP) is 2.57. The number of fused-ring (bicyclic) bond motifs is 1. The Kier molecular flexibility index (Phi) is 4.68. The van der Waals surface area contributed by atoms with Gasteiger partial charge in [-0.1, -0.05) is 41.6 Å². The monoisotopic (exact) mass is 338 g/mol. The number of ether oxygens (including phenoxy) is 1. The van der Waals surface area contributed by atoms with Crippen molar-refractivity contribution in [2.45, 2.75) is 25.7 Å². The third kappa shape index (κ3) is 3.67. The maximum Gasteiger partial charge on any atom is 0.145 e. The molecule has 0 amide bonds. The summed E-state index contributed by atoms with van der Waals surface area (Å²) in [5, 5.41) is 13.6. The van der Waals surface area contributed by atoms with Gasteiger partial charge in [0, 0.05) is 31.6 Å². The number of hydrogen-bond acceptors (Lipinski definition) is 5. The SMILES string of the molecule is OCc1ccc2c(c1)CN(C[C@@H]1CC(c3ccccc3)=NO1)CCO2.